The van der Waals surface area contributed by atoms with Crippen molar-refractivity contribution in [3.8, 4) is 5.75 Å². The van der Waals surface area contributed by atoms with Gasteiger partial charge in [-0.2, -0.15) is 5.10 Å². The van der Waals surface area contributed by atoms with E-state index in [4.69, 9.17) is 16.3 Å². The highest BCUT2D eigenvalue weighted by atomic mass is 35.5. The molecule has 120 valence electrons. The van der Waals surface area contributed by atoms with Crippen molar-refractivity contribution in [3.63, 3.8) is 0 Å². The number of nitrogens with one attached hydrogen (secondary N) is 1. The Hall–Kier alpha value is -2.53. The molecule has 0 fully saturated rings. The van der Waals surface area contributed by atoms with E-state index in [1.807, 2.05) is 48.5 Å². The van der Waals surface area contributed by atoms with Gasteiger partial charge in [-0.25, -0.2) is 10.2 Å². The van der Waals surface area contributed by atoms with E-state index in [0.29, 0.717) is 18.2 Å². The molecule has 0 aliphatic rings. The lowest BCUT2D eigenvalue weighted by Crippen LogP contribution is -2.18. The average Bonchev–Trinajstić information content (AvgIpc) is 2.56. The van der Waals surface area contributed by atoms with E-state index in [1.165, 1.54) is 6.21 Å². The third-order valence-electron chi connectivity index (χ3n) is 2.88. The minimum absolute atomic E-state index is 0.304. The molecule has 0 aliphatic carbocycles. The van der Waals surface area contributed by atoms with E-state index < -0.39 is 6.09 Å². The summed E-state index contributed by atoms with van der Waals surface area (Å²) in [6.07, 6.45) is 0.942. The van der Waals surface area contributed by atoms with Crippen molar-refractivity contribution in [2.75, 3.05) is 6.61 Å². The third kappa shape index (κ3) is 5.64. The van der Waals surface area contributed by atoms with Crippen LogP contribution in [0.15, 0.2) is 53.6 Å². The molecule has 0 saturated carbocycles. The Morgan fingerprint density at radius 2 is 1.96 bits per heavy atom. The molecule has 0 aliphatic heterocycles. The third-order valence-corrected chi connectivity index (χ3v) is 3.25. The van der Waals surface area contributed by atoms with Crippen molar-refractivity contribution in [2.45, 2.75) is 13.5 Å². The largest absolute Gasteiger partial charge is 0.489 e. The zero-order valence-corrected chi connectivity index (χ0v) is 13.4. The number of rotatable bonds is 6. The fourth-order valence-electron chi connectivity index (χ4n) is 1.75. The molecule has 5 nitrogen and oxygen atoms in total. The molecule has 0 heterocycles. The highest BCUT2D eigenvalue weighted by molar-refractivity contribution is 6.31. The first-order valence-electron chi connectivity index (χ1n) is 7.11. The number of hydrogen-bond acceptors (Lipinski definition) is 4. The predicted molar refractivity (Wildman–Crippen MR) is 90.0 cm³/mol. The summed E-state index contributed by atoms with van der Waals surface area (Å²) >= 11 is 6.08. The van der Waals surface area contributed by atoms with E-state index >= 15 is 0 Å². The van der Waals surface area contributed by atoms with Crippen LogP contribution < -0.4 is 10.2 Å². The predicted octanol–water partition coefficient (Wildman–Crippen LogP) is 4.00. The number of amides is 1. The lowest BCUT2D eigenvalue weighted by molar-refractivity contribution is 0.152. The van der Waals surface area contributed by atoms with Crippen molar-refractivity contribution in [1.29, 1.82) is 0 Å². The van der Waals surface area contributed by atoms with Gasteiger partial charge in [-0.05, 0) is 42.8 Å². The summed E-state index contributed by atoms with van der Waals surface area (Å²) in [5.41, 5.74) is 4.02. The first-order valence-corrected chi connectivity index (χ1v) is 7.49. The van der Waals surface area contributed by atoms with Crippen LogP contribution in [0.1, 0.15) is 18.1 Å². The summed E-state index contributed by atoms with van der Waals surface area (Å²) in [6, 6.07) is 14.9. The SMILES string of the molecule is CCOC(=O)N/N=C/c1ccc(OCc2ccccc2Cl)cc1. The monoisotopic (exact) mass is 332 g/mol. The summed E-state index contributed by atoms with van der Waals surface area (Å²) in [4.78, 5) is 11.1. The van der Waals surface area contributed by atoms with Gasteiger partial charge in [0.05, 0.1) is 12.8 Å². The molecular formula is C17H17ClN2O3. The summed E-state index contributed by atoms with van der Waals surface area (Å²) < 4.78 is 10.4. The first kappa shape index (κ1) is 16.8. The van der Waals surface area contributed by atoms with Crippen molar-refractivity contribution in [2.24, 2.45) is 5.10 Å². The van der Waals surface area contributed by atoms with E-state index in [2.05, 4.69) is 15.3 Å². The molecule has 2 rings (SSSR count). The Morgan fingerprint density at radius 3 is 2.65 bits per heavy atom. The number of nitrogens with zero attached hydrogens (tertiary/aromatic N) is 1. The van der Waals surface area contributed by atoms with Gasteiger partial charge in [0.25, 0.3) is 0 Å². The van der Waals surface area contributed by atoms with Crippen molar-refractivity contribution in [1.82, 2.24) is 5.43 Å². The average molecular weight is 333 g/mol. The van der Waals surface area contributed by atoms with E-state index in [0.717, 1.165) is 16.9 Å². The van der Waals surface area contributed by atoms with Crippen LogP contribution >= 0.6 is 11.6 Å². The number of carbonyl (C=O) groups is 1. The Kier molecular flexibility index (Phi) is 6.44. The van der Waals surface area contributed by atoms with Gasteiger partial charge in [0.2, 0.25) is 0 Å². The number of carbonyl (C=O) groups excluding carboxylic acids is 1. The molecule has 1 amide bonds. The minimum Gasteiger partial charge on any atom is -0.489 e. The second-order valence-corrected chi connectivity index (χ2v) is 4.95. The number of benzene rings is 2. The molecule has 0 unspecified atom stereocenters. The Labute approximate surface area is 139 Å². The quantitative estimate of drug-likeness (QED) is 0.642. The van der Waals surface area contributed by atoms with Gasteiger partial charge in [0, 0.05) is 10.6 Å². The summed E-state index contributed by atoms with van der Waals surface area (Å²) in [7, 11) is 0. The van der Waals surface area contributed by atoms with Gasteiger partial charge < -0.3 is 9.47 Å². The topological polar surface area (TPSA) is 59.9 Å². The molecule has 0 atom stereocenters. The highest BCUT2D eigenvalue weighted by Crippen LogP contribution is 2.18. The summed E-state index contributed by atoms with van der Waals surface area (Å²) in [6.45, 7) is 2.43. The Bertz CT molecular complexity index is 672. The van der Waals surface area contributed by atoms with Gasteiger partial charge in [-0.15, -0.1) is 0 Å². The fourth-order valence-corrected chi connectivity index (χ4v) is 1.94. The second kappa shape index (κ2) is 8.80. The maximum absolute atomic E-state index is 11.1. The van der Waals surface area contributed by atoms with Gasteiger partial charge >= 0.3 is 6.09 Å². The van der Waals surface area contributed by atoms with E-state index in [-0.39, 0.29) is 0 Å². The van der Waals surface area contributed by atoms with Gasteiger partial charge in [0.1, 0.15) is 12.4 Å². The van der Waals surface area contributed by atoms with Crippen LogP contribution in [0.4, 0.5) is 4.79 Å². The minimum atomic E-state index is -0.580. The fraction of sp³-hybridized carbons (Fsp3) is 0.176. The Morgan fingerprint density at radius 1 is 1.22 bits per heavy atom. The Balaban J connectivity index is 1.86. The number of ether oxygens (including phenoxy) is 2. The van der Waals surface area contributed by atoms with Crippen molar-refractivity contribution >= 4 is 23.9 Å². The van der Waals surface area contributed by atoms with Crippen LogP contribution in [0, 0.1) is 0 Å². The molecule has 0 saturated heterocycles. The number of hydrazone groups is 1. The normalized spacial score (nSPS) is 10.5. The number of hydrogen-bond donors (Lipinski definition) is 1. The van der Waals surface area contributed by atoms with Crippen LogP contribution in [-0.4, -0.2) is 18.9 Å². The molecule has 6 heteroatoms. The smallest absolute Gasteiger partial charge is 0.427 e. The summed E-state index contributed by atoms with van der Waals surface area (Å²) in [5, 5.41) is 4.47. The molecule has 0 aromatic heterocycles. The lowest BCUT2D eigenvalue weighted by atomic mass is 10.2. The first-order chi connectivity index (χ1) is 11.2. The standard InChI is InChI=1S/C17H17ClN2O3/c1-2-22-17(21)20-19-11-13-7-9-15(10-8-13)23-12-14-5-3-4-6-16(14)18/h3-11H,2,12H2,1H3,(H,20,21)/b19-11+. The van der Waals surface area contributed by atoms with Crippen LogP contribution in [0.3, 0.4) is 0 Å². The van der Waals surface area contributed by atoms with Crippen LogP contribution in [0.5, 0.6) is 5.75 Å². The zero-order chi connectivity index (χ0) is 16.5. The van der Waals surface area contributed by atoms with Crippen molar-refractivity contribution < 1.29 is 14.3 Å². The van der Waals surface area contributed by atoms with E-state index in [9.17, 15) is 4.79 Å². The van der Waals surface area contributed by atoms with Gasteiger partial charge in [-0.3, -0.25) is 0 Å². The highest BCUT2D eigenvalue weighted by Gasteiger charge is 2.00. The molecule has 2 aromatic carbocycles. The zero-order valence-electron chi connectivity index (χ0n) is 12.7. The molecule has 23 heavy (non-hydrogen) atoms. The molecule has 0 radical (unpaired) electrons. The van der Waals surface area contributed by atoms with Crippen LogP contribution in [-0.2, 0) is 11.3 Å². The number of halogens is 1. The van der Waals surface area contributed by atoms with Crippen LogP contribution in [0.25, 0.3) is 0 Å². The molecule has 2 aromatic rings. The van der Waals surface area contributed by atoms with E-state index in [1.54, 1.807) is 6.92 Å². The maximum Gasteiger partial charge on any atom is 0.427 e. The molecule has 0 spiro atoms. The van der Waals surface area contributed by atoms with Gasteiger partial charge in [-0.1, -0.05) is 29.8 Å². The second-order valence-electron chi connectivity index (χ2n) is 4.54. The molecule has 1 N–H and O–H groups in total. The summed E-state index contributed by atoms with van der Waals surface area (Å²) in [5.74, 6) is 0.723. The lowest BCUT2D eigenvalue weighted by Gasteiger charge is -2.07. The van der Waals surface area contributed by atoms with Crippen molar-refractivity contribution in [3.05, 3.63) is 64.7 Å². The maximum atomic E-state index is 11.1. The van der Waals surface area contributed by atoms with Gasteiger partial charge in [0.15, 0.2) is 0 Å². The molecule has 0 bridgehead atoms. The molecular weight excluding hydrogens is 316 g/mol. The van der Waals surface area contributed by atoms with Crippen LogP contribution in [0.2, 0.25) is 5.02 Å².